The molecule has 0 unspecified atom stereocenters. The Hall–Kier alpha value is -3.57. The fourth-order valence-electron chi connectivity index (χ4n) is 3.88. The summed E-state index contributed by atoms with van der Waals surface area (Å²) in [5.41, 5.74) is 2.19. The van der Waals surface area contributed by atoms with Gasteiger partial charge in [0.15, 0.2) is 11.5 Å². The van der Waals surface area contributed by atoms with Crippen LogP contribution < -0.4 is 14.8 Å². The van der Waals surface area contributed by atoms with Crippen LogP contribution in [-0.2, 0) is 11.3 Å². The molecule has 0 aliphatic carbocycles. The minimum Gasteiger partial charge on any atom is -0.493 e. The number of para-hydroxylation sites is 2. The van der Waals surface area contributed by atoms with Crippen molar-refractivity contribution in [1.29, 1.82) is 0 Å². The van der Waals surface area contributed by atoms with Gasteiger partial charge < -0.3 is 14.8 Å². The number of methoxy groups -OCH3 is 1. The van der Waals surface area contributed by atoms with E-state index in [2.05, 4.69) is 22.3 Å². The van der Waals surface area contributed by atoms with Crippen LogP contribution in [0.15, 0.2) is 84.9 Å². The lowest BCUT2D eigenvalue weighted by atomic mass is 10.2. The maximum Gasteiger partial charge on any atom is 0.244 e. The van der Waals surface area contributed by atoms with Crippen LogP contribution in [0.2, 0.25) is 0 Å². The van der Waals surface area contributed by atoms with Crippen LogP contribution in [0.1, 0.15) is 17.5 Å². The number of nitrogens with one attached hydrogen (secondary N) is 1. The van der Waals surface area contributed by atoms with Gasteiger partial charge >= 0.3 is 0 Å². The number of hydrogen-bond acceptors (Lipinski definition) is 4. The topological polar surface area (TPSA) is 50.8 Å². The number of amides is 1. The molecule has 0 spiro atoms. The zero-order valence-corrected chi connectivity index (χ0v) is 18.2. The van der Waals surface area contributed by atoms with Crippen LogP contribution in [0.3, 0.4) is 0 Å². The Labute approximate surface area is 189 Å². The Morgan fingerprint density at radius 1 is 1.03 bits per heavy atom. The molecule has 5 heteroatoms. The van der Waals surface area contributed by atoms with Crippen molar-refractivity contribution in [2.24, 2.45) is 0 Å². The normalized spacial score (nSPS) is 16.2. The molecule has 164 valence electrons. The molecule has 0 bridgehead atoms. The van der Waals surface area contributed by atoms with Crippen molar-refractivity contribution in [2.75, 3.05) is 20.2 Å². The van der Waals surface area contributed by atoms with Gasteiger partial charge in [0.2, 0.25) is 5.91 Å². The molecule has 4 rings (SSSR count). The summed E-state index contributed by atoms with van der Waals surface area (Å²) in [6.07, 6.45) is 4.40. The van der Waals surface area contributed by atoms with E-state index in [1.807, 2.05) is 72.8 Å². The van der Waals surface area contributed by atoms with Gasteiger partial charge in [0.25, 0.3) is 0 Å². The maximum absolute atomic E-state index is 12.3. The number of carbonyl (C=O) groups is 1. The number of likely N-dealkylation sites (tertiary alicyclic amines) is 1. The third kappa shape index (κ3) is 5.99. The van der Waals surface area contributed by atoms with Crippen molar-refractivity contribution < 1.29 is 14.3 Å². The summed E-state index contributed by atoms with van der Waals surface area (Å²) in [5.74, 6) is 2.13. The van der Waals surface area contributed by atoms with E-state index < -0.39 is 0 Å². The molecule has 1 aliphatic heterocycles. The predicted octanol–water partition coefficient (Wildman–Crippen LogP) is 4.89. The number of benzene rings is 3. The van der Waals surface area contributed by atoms with Crippen molar-refractivity contribution >= 4 is 12.0 Å². The summed E-state index contributed by atoms with van der Waals surface area (Å²) < 4.78 is 11.4. The lowest BCUT2D eigenvalue weighted by Crippen LogP contribution is -2.35. The Bertz CT molecular complexity index is 1070. The minimum atomic E-state index is -0.0482. The van der Waals surface area contributed by atoms with E-state index in [4.69, 9.17) is 9.47 Å². The van der Waals surface area contributed by atoms with E-state index in [0.717, 1.165) is 37.4 Å². The van der Waals surface area contributed by atoms with E-state index in [9.17, 15) is 4.79 Å². The van der Waals surface area contributed by atoms with Crippen LogP contribution in [0.4, 0.5) is 0 Å². The molecule has 1 heterocycles. The number of carbonyl (C=O) groups excluding carboxylic acids is 1. The van der Waals surface area contributed by atoms with Crippen LogP contribution in [0.5, 0.6) is 17.2 Å². The van der Waals surface area contributed by atoms with Gasteiger partial charge in [-0.15, -0.1) is 0 Å². The summed E-state index contributed by atoms with van der Waals surface area (Å²) in [7, 11) is 1.64. The highest BCUT2D eigenvalue weighted by atomic mass is 16.5. The molecule has 0 aromatic heterocycles. The van der Waals surface area contributed by atoms with E-state index in [1.54, 1.807) is 13.2 Å². The average molecular weight is 429 g/mol. The molecule has 3 aromatic carbocycles. The van der Waals surface area contributed by atoms with Gasteiger partial charge in [-0.25, -0.2) is 0 Å². The van der Waals surface area contributed by atoms with E-state index in [0.29, 0.717) is 11.5 Å². The monoisotopic (exact) mass is 428 g/mol. The lowest BCUT2D eigenvalue weighted by molar-refractivity contribution is -0.117. The lowest BCUT2D eigenvalue weighted by Gasteiger charge is -2.17. The Kier molecular flexibility index (Phi) is 7.20. The smallest absolute Gasteiger partial charge is 0.244 e. The van der Waals surface area contributed by atoms with Crippen molar-refractivity contribution in [3.8, 4) is 17.2 Å². The molecule has 32 heavy (non-hydrogen) atoms. The van der Waals surface area contributed by atoms with Gasteiger partial charge in [-0.3, -0.25) is 9.69 Å². The van der Waals surface area contributed by atoms with Crippen molar-refractivity contribution in [2.45, 2.75) is 19.0 Å². The summed E-state index contributed by atoms with van der Waals surface area (Å²) in [6, 6.07) is 25.7. The Morgan fingerprint density at radius 2 is 1.81 bits per heavy atom. The largest absolute Gasteiger partial charge is 0.493 e. The van der Waals surface area contributed by atoms with Crippen molar-refractivity contribution in [1.82, 2.24) is 10.2 Å². The summed E-state index contributed by atoms with van der Waals surface area (Å²) in [5, 5.41) is 3.12. The van der Waals surface area contributed by atoms with Gasteiger partial charge in [-0.1, -0.05) is 54.6 Å². The molecule has 0 radical (unpaired) electrons. The second-order valence-electron chi connectivity index (χ2n) is 7.87. The number of ether oxygens (including phenoxy) is 2. The Morgan fingerprint density at radius 3 is 2.62 bits per heavy atom. The van der Waals surface area contributed by atoms with Gasteiger partial charge in [0.05, 0.1) is 7.11 Å². The van der Waals surface area contributed by atoms with Crippen LogP contribution in [0, 0.1) is 0 Å². The second-order valence-corrected chi connectivity index (χ2v) is 7.87. The second kappa shape index (κ2) is 10.6. The van der Waals surface area contributed by atoms with Crippen molar-refractivity contribution in [3.63, 3.8) is 0 Å². The molecule has 1 saturated heterocycles. The van der Waals surface area contributed by atoms with Gasteiger partial charge in [0, 0.05) is 31.8 Å². The zero-order valence-electron chi connectivity index (χ0n) is 18.2. The van der Waals surface area contributed by atoms with E-state index >= 15 is 0 Å². The highest BCUT2D eigenvalue weighted by molar-refractivity contribution is 5.91. The molecule has 0 saturated carbocycles. The Balaban J connectivity index is 1.29. The summed E-state index contributed by atoms with van der Waals surface area (Å²) in [6.45, 7) is 2.60. The summed E-state index contributed by atoms with van der Waals surface area (Å²) >= 11 is 0. The van der Waals surface area contributed by atoms with Gasteiger partial charge in [-0.05, 0) is 47.9 Å². The highest BCUT2D eigenvalue weighted by Crippen LogP contribution is 2.31. The number of nitrogens with zero attached hydrogens (tertiary/aromatic N) is 1. The fourth-order valence-corrected chi connectivity index (χ4v) is 3.88. The molecule has 1 N–H and O–H groups in total. The van der Waals surface area contributed by atoms with Crippen molar-refractivity contribution in [3.05, 3.63) is 96.1 Å². The first kappa shape index (κ1) is 21.7. The minimum absolute atomic E-state index is 0.0482. The first-order valence-electron chi connectivity index (χ1n) is 10.9. The summed E-state index contributed by atoms with van der Waals surface area (Å²) in [4.78, 5) is 14.6. The SMILES string of the molecule is COc1ccccc1Oc1cccc(CN2CC[C@H](NC(=O)C=Cc3ccccc3)C2)c1. The maximum atomic E-state index is 12.3. The van der Waals surface area contributed by atoms with Gasteiger partial charge in [0.1, 0.15) is 5.75 Å². The molecule has 1 aliphatic rings. The predicted molar refractivity (Wildman–Crippen MR) is 127 cm³/mol. The van der Waals surface area contributed by atoms with Crippen LogP contribution in [-0.4, -0.2) is 37.0 Å². The zero-order chi connectivity index (χ0) is 22.2. The molecular formula is C27H28N2O3. The molecule has 1 fully saturated rings. The number of rotatable bonds is 8. The average Bonchev–Trinajstić information content (AvgIpc) is 3.25. The van der Waals surface area contributed by atoms with Gasteiger partial charge in [-0.2, -0.15) is 0 Å². The molecular weight excluding hydrogens is 400 g/mol. The quantitative estimate of drug-likeness (QED) is 0.519. The van der Waals surface area contributed by atoms with Crippen LogP contribution >= 0.6 is 0 Å². The molecule has 1 amide bonds. The molecule has 3 aromatic rings. The number of hydrogen-bond donors (Lipinski definition) is 1. The molecule has 5 nitrogen and oxygen atoms in total. The third-order valence-electron chi connectivity index (χ3n) is 5.45. The van der Waals surface area contributed by atoms with Crippen LogP contribution in [0.25, 0.3) is 6.08 Å². The third-order valence-corrected chi connectivity index (χ3v) is 5.45. The van der Waals surface area contributed by atoms with E-state index in [-0.39, 0.29) is 11.9 Å². The molecule has 1 atom stereocenters. The highest BCUT2D eigenvalue weighted by Gasteiger charge is 2.23. The first-order chi connectivity index (χ1) is 15.7. The fraction of sp³-hybridized carbons (Fsp3) is 0.222. The van der Waals surface area contributed by atoms with E-state index in [1.165, 1.54) is 5.56 Å². The first-order valence-corrected chi connectivity index (χ1v) is 10.9. The standard InChI is InChI=1S/C27H28N2O3/c1-31-25-12-5-6-13-26(25)32-24-11-7-10-22(18-24)19-29-17-16-23(20-29)28-27(30)15-14-21-8-3-2-4-9-21/h2-15,18,23H,16-17,19-20H2,1H3,(H,28,30)/t23-/m0/s1.